The molecule has 4 aromatic rings. The van der Waals surface area contributed by atoms with Gasteiger partial charge in [0.2, 0.25) is 0 Å². The number of carbonyl (C=O) groups is 3. The summed E-state index contributed by atoms with van der Waals surface area (Å²) in [5.74, 6) is -1.18. The minimum absolute atomic E-state index is 0.123. The van der Waals surface area contributed by atoms with Gasteiger partial charge in [0.05, 0.1) is 23.1 Å². The van der Waals surface area contributed by atoms with E-state index < -0.39 is 15.0 Å². The molecule has 5 rings (SSSR count). The van der Waals surface area contributed by atoms with Crippen LogP contribution in [-0.4, -0.2) is 33.3 Å². The van der Waals surface area contributed by atoms with E-state index in [0.29, 0.717) is 21.8 Å². The zero-order valence-electron chi connectivity index (χ0n) is 24.0. The van der Waals surface area contributed by atoms with E-state index in [1.807, 2.05) is 36.4 Å². The molecule has 0 atom stereocenters. The molecule has 0 saturated heterocycles. The van der Waals surface area contributed by atoms with E-state index in [-0.39, 0.29) is 22.3 Å². The second kappa shape index (κ2) is 13.8. The van der Waals surface area contributed by atoms with Crippen LogP contribution in [0.1, 0.15) is 71.9 Å². The third-order valence-corrected chi connectivity index (χ3v) is 10.1. The van der Waals surface area contributed by atoms with Gasteiger partial charge in [-0.15, -0.1) is 11.3 Å². The fourth-order valence-electron chi connectivity index (χ4n) is 5.23. The molecule has 0 spiro atoms. The van der Waals surface area contributed by atoms with Crippen molar-refractivity contribution in [2.45, 2.75) is 49.8 Å². The largest absolute Gasteiger partial charge is 0.465 e. The Bertz CT molecular complexity index is 1800. The van der Waals surface area contributed by atoms with Crippen LogP contribution in [0.25, 0.3) is 0 Å². The summed E-state index contributed by atoms with van der Waals surface area (Å²) in [6.07, 6.45) is 6.19. The van der Waals surface area contributed by atoms with E-state index in [1.54, 1.807) is 12.1 Å². The number of esters is 1. The molecule has 0 aliphatic heterocycles. The fraction of sp³-hybridized carbons (Fsp3) is 0.242. The predicted octanol–water partition coefficient (Wildman–Crippen LogP) is 7.02. The Hall–Kier alpha value is -3.99. The van der Waals surface area contributed by atoms with Crippen LogP contribution >= 0.6 is 22.0 Å². The van der Waals surface area contributed by atoms with E-state index in [4.69, 9.17) is 15.4 Å². The molecule has 8 nitrogen and oxygen atoms in total. The van der Waals surface area contributed by atoms with Crippen molar-refractivity contribution in [3.05, 3.63) is 111 Å². The normalized spacial score (nSPS) is 12.7. The van der Waals surface area contributed by atoms with Gasteiger partial charge < -0.3 is 15.4 Å². The van der Waals surface area contributed by atoms with Crippen LogP contribution in [0, 0.1) is 0 Å². The number of rotatable bonds is 10. The number of halogens is 1. The lowest BCUT2D eigenvalue weighted by Gasteiger charge is -2.14. The molecular formula is C33H31ClN2O6S2. The van der Waals surface area contributed by atoms with Crippen molar-refractivity contribution in [1.29, 1.82) is 0 Å². The molecule has 1 aliphatic rings. The van der Waals surface area contributed by atoms with Crippen LogP contribution in [0.15, 0.2) is 77.7 Å². The van der Waals surface area contributed by atoms with E-state index in [0.717, 1.165) is 66.5 Å². The van der Waals surface area contributed by atoms with Crippen molar-refractivity contribution in [3.63, 3.8) is 0 Å². The molecule has 0 unspecified atom stereocenters. The summed E-state index contributed by atoms with van der Waals surface area (Å²) in [5, 5.41) is 6.27. The summed E-state index contributed by atoms with van der Waals surface area (Å²) in [4.78, 5) is 39.2. The van der Waals surface area contributed by atoms with Crippen LogP contribution in [0.2, 0.25) is 0 Å². The van der Waals surface area contributed by atoms with Crippen molar-refractivity contribution in [1.82, 2.24) is 0 Å². The number of amides is 2. The van der Waals surface area contributed by atoms with Gasteiger partial charge in [-0.05, 0) is 104 Å². The van der Waals surface area contributed by atoms with Crippen LogP contribution in [0.4, 0.5) is 10.7 Å². The van der Waals surface area contributed by atoms with Crippen molar-refractivity contribution in [2.75, 3.05) is 17.7 Å². The molecular weight excluding hydrogens is 620 g/mol. The Morgan fingerprint density at radius 2 is 1.50 bits per heavy atom. The SMILES string of the molecule is COC(=O)c1ccc(CCCc2ccc(NC(=O)c3c(NC(=O)c4cccc(S(=O)(=O)Cl)c4)sc4c3CCCC4)cc2)cc1. The smallest absolute Gasteiger partial charge is 0.337 e. The Balaban J connectivity index is 1.24. The highest BCUT2D eigenvalue weighted by atomic mass is 35.7. The molecule has 11 heteroatoms. The van der Waals surface area contributed by atoms with Gasteiger partial charge >= 0.3 is 5.97 Å². The second-order valence-corrected chi connectivity index (χ2v) is 14.2. The molecule has 0 saturated carbocycles. The lowest BCUT2D eigenvalue weighted by atomic mass is 9.95. The first-order valence-electron chi connectivity index (χ1n) is 14.2. The zero-order valence-corrected chi connectivity index (χ0v) is 26.4. The van der Waals surface area contributed by atoms with Gasteiger partial charge in [-0.1, -0.05) is 30.3 Å². The first-order valence-corrected chi connectivity index (χ1v) is 17.3. The van der Waals surface area contributed by atoms with Gasteiger partial charge in [-0.3, -0.25) is 9.59 Å². The third-order valence-electron chi connectivity index (χ3n) is 7.52. The van der Waals surface area contributed by atoms with E-state index in [1.165, 1.54) is 42.7 Å². The summed E-state index contributed by atoms with van der Waals surface area (Å²) in [5.41, 5.74) is 4.96. The first kappa shape index (κ1) is 31.4. The summed E-state index contributed by atoms with van der Waals surface area (Å²) in [7, 11) is 2.83. The number of methoxy groups -OCH3 is 1. The predicted molar refractivity (Wildman–Crippen MR) is 173 cm³/mol. The van der Waals surface area contributed by atoms with Crippen molar-refractivity contribution in [2.24, 2.45) is 0 Å². The summed E-state index contributed by atoms with van der Waals surface area (Å²) >= 11 is 1.39. The van der Waals surface area contributed by atoms with Gasteiger partial charge in [0.15, 0.2) is 0 Å². The van der Waals surface area contributed by atoms with Crippen molar-refractivity contribution < 1.29 is 27.5 Å². The van der Waals surface area contributed by atoms with Gasteiger partial charge in [-0.2, -0.15) is 0 Å². The average Bonchev–Trinajstić information content (AvgIpc) is 3.39. The topological polar surface area (TPSA) is 119 Å². The van der Waals surface area contributed by atoms with Gasteiger partial charge in [0, 0.05) is 26.8 Å². The maximum atomic E-state index is 13.6. The van der Waals surface area contributed by atoms with Crippen LogP contribution < -0.4 is 10.6 Å². The lowest BCUT2D eigenvalue weighted by Crippen LogP contribution is -2.18. The highest BCUT2D eigenvalue weighted by Crippen LogP contribution is 2.39. The minimum Gasteiger partial charge on any atom is -0.465 e. The molecule has 2 N–H and O–H groups in total. The summed E-state index contributed by atoms with van der Waals surface area (Å²) in [6.45, 7) is 0. The summed E-state index contributed by atoms with van der Waals surface area (Å²) < 4.78 is 28.3. The number of ether oxygens (including phenoxy) is 1. The van der Waals surface area contributed by atoms with Gasteiger partial charge in [0.25, 0.3) is 20.9 Å². The number of fused-ring (bicyclic) bond motifs is 1. The second-order valence-electron chi connectivity index (χ2n) is 10.5. The van der Waals surface area contributed by atoms with Crippen molar-refractivity contribution >= 4 is 59.5 Å². The number of benzene rings is 3. The summed E-state index contributed by atoms with van der Waals surface area (Å²) in [6, 6.07) is 20.6. The molecule has 1 aliphatic carbocycles. The number of anilines is 2. The number of hydrogen-bond acceptors (Lipinski definition) is 7. The molecule has 44 heavy (non-hydrogen) atoms. The average molecular weight is 651 g/mol. The maximum Gasteiger partial charge on any atom is 0.337 e. The number of aryl methyl sites for hydroxylation is 3. The monoisotopic (exact) mass is 650 g/mol. The van der Waals surface area contributed by atoms with Crippen molar-refractivity contribution in [3.8, 4) is 0 Å². The number of hydrogen-bond donors (Lipinski definition) is 2. The Kier molecular flexibility index (Phi) is 9.83. The zero-order chi connectivity index (χ0) is 31.3. The molecule has 2 amide bonds. The van der Waals surface area contributed by atoms with Crippen LogP contribution in [0.3, 0.4) is 0 Å². The Morgan fingerprint density at radius 3 is 2.16 bits per heavy atom. The van der Waals surface area contributed by atoms with Gasteiger partial charge in [0.1, 0.15) is 5.00 Å². The van der Waals surface area contributed by atoms with E-state index in [2.05, 4.69) is 10.6 Å². The first-order chi connectivity index (χ1) is 21.1. The van der Waals surface area contributed by atoms with Crippen LogP contribution in [-0.2, 0) is 39.5 Å². The van der Waals surface area contributed by atoms with E-state index in [9.17, 15) is 22.8 Å². The number of carbonyl (C=O) groups excluding carboxylic acids is 3. The highest BCUT2D eigenvalue weighted by molar-refractivity contribution is 8.13. The molecule has 0 radical (unpaired) electrons. The number of nitrogens with one attached hydrogen (secondary N) is 2. The number of thiophene rings is 1. The van der Waals surface area contributed by atoms with Crippen LogP contribution in [0.5, 0.6) is 0 Å². The fourth-order valence-corrected chi connectivity index (χ4v) is 7.31. The molecule has 0 bridgehead atoms. The van der Waals surface area contributed by atoms with Gasteiger partial charge in [-0.25, -0.2) is 13.2 Å². The lowest BCUT2D eigenvalue weighted by molar-refractivity contribution is 0.0600. The molecule has 1 heterocycles. The minimum atomic E-state index is -4.00. The maximum absolute atomic E-state index is 13.6. The van der Waals surface area contributed by atoms with E-state index >= 15 is 0 Å². The highest BCUT2D eigenvalue weighted by Gasteiger charge is 2.27. The molecule has 1 aromatic heterocycles. The third kappa shape index (κ3) is 7.56. The standard InChI is InChI=1S/C33H31ClN2O6S2/c1-42-33(39)23-16-12-21(13-17-23)6-4-7-22-14-18-25(19-15-22)35-31(38)29-27-10-2-3-11-28(27)43-32(29)36-30(37)24-8-5-9-26(20-24)44(34,40)41/h5,8-9,12-20H,2-4,6-7,10-11H2,1H3,(H,35,38)(H,36,37). The molecule has 228 valence electrons. The molecule has 0 fully saturated rings. The Labute approximate surface area is 264 Å². The molecule has 3 aromatic carbocycles. The Morgan fingerprint density at radius 1 is 0.841 bits per heavy atom. The quantitative estimate of drug-likeness (QED) is 0.141.